The van der Waals surface area contributed by atoms with E-state index in [1.165, 1.54) is 4.31 Å². The van der Waals surface area contributed by atoms with Gasteiger partial charge in [-0.1, -0.05) is 6.92 Å². The van der Waals surface area contributed by atoms with Crippen LogP contribution < -0.4 is 0 Å². The number of benzene rings is 1. The number of halogens is 3. The molecule has 0 aliphatic heterocycles. The highest BCUT2D eigenvalue weighted by molar-refractivity contribution is 7.89. The van der Waals surface area contributed by atoms with E-state index in [9.17, 15) is 21.6 Å². The number of rotatable bonds is 5. The van der Waals surface area contributed by atoms with Crippen molar-refractivity contribution in [3.63, 3.8) is 0 Å². The molecule has 0 saturated heterocycles. The zero-order valence-corrected chi connectivity index (χ0v) is 13.4. The lowest BCUT2D eigenvalue weighted by Gasteiger charge is -2.20. The van der Waals surface area contributed by atoms with Crippen molar-refractivity contribution in [2.24, 2.45) is 7.05 Å². The Morgan fingerprint density at radius 3 is 2.26 bits per heavy atom. The SMILES string of the molecule is CCN(Cc1cnn(C)c1)S(=O)(=O)c1ccc(C(F)(F)F)cc1. The second-order valence-corrected chi connectivity index (χ2v) is 6.91. The second-order valence-electron chi connectivity index (χ2n) is 4.98. The fourth-order valence-electron chi connectivity index (χ4n) is 2.09. The molecule has 2 rings (SSSR count). The van der Waals surface area contributed by atoms with Crippen molar-refractivity contribution < 1.29 is 21.6 Å². The van der Waals surface area contributed by atoms with E-state index < -0.39 is 21.8 Å². The summed E-state index contributed by atoms with van der Waals surface area (Å²) in [5, 5.41) is 3.97. The molecule has 9 heteroatoms. The first-order chi connectivity index (χ1) is 10.6. The third-order valence-corrected chi connectivity index (χ3v) is 5.22. The number of sulfonamides is 1. The number of hydrogen-bond acceptors (Lipinski definition) is 3. The Morgan fingerprint density at radius 2 is 1.83 bits per heavy atom. The second kappa shape index (κ2) is 6.32. The molecule has 5 nitrogen and oxygen atoms in total. The van der Waals surface area contributed by atoms with Crippen molar-refractivity contribution in [2.45, 2.75) is 24.5 Å². The largest absolute Gasteiger partial charge is 0.416 e. The highest BCUT2D eigenvalue weighted by Gasteiger charge is 2.31. The Morgan fingerprint density at radius 1 is 1.22 bits per heavy atom. The van der Waals surface area contributed by atoms with Gasteiger partial charge in [0.2, 0.25) is 10.0 Å². The molecule has 126 valence electrons. The minimum Gasteiger partial charge on any atom is -0.275 e. The Balaban J connectivity index is 2.28. The topological polar surface area (TPSA) is 55.2 Å². The molecule has 0 saturated carbocycles. The molecule has 23 heavy (non-hydrogen) atoms. The van der Waals surface area contributed by atoms with Crippen LogP contribution in [0.25, 0.3) is 0 Å². The minimum atomic E-state index is -4.50. The predicted octanol–water partition coefficient (Wildman–Crippen LogP) is 2.65. The number of alkyl halides is 3. The van der Waals surface area contributed by atoms with Gasteiger partial charge in [-0.15, -0.1) is 0 Å². The molecule has 0 spiro atoms. The highest BCUT2D eigenvalue weighted by atomic mass is 32.2. The fraction of sp³-hybridized carbons (Fsp3) is 0.357. The quantitative estimate of drug-likeness (QED) is 0.836. The van der Waals surface area contributed by atoms with Crippen molar-refractivity contribution in [3.05, 3.63) is 47.8 Å². The van der Waals surface area contributed by atoms with Gasteiger partial charge in [-0.2, -0.15) is 22.6 Å². The standard InChI is InChI=1S/C14H16F3N3O2S/c1-3-20(10-11-8-18-19(2)9-11)23(21,22)13-6-4-12(5-7-13)14(15,16)17/h4-9H,3,10H2,1-2H3. The summed E-state index contributed by atoms with van der Waals surface area (Å²) in [4.78, 5) is -0.170. The van der Waals surface area contributed by atoms with Crippen LogP contribution in [0.1, 0.15) is 18.1 Å². The van der Waals surface area contributed by atoms with Gasteiger partial charge in [0.05, 0.1) is 16.7 Å². The molecule has 0 aliphatic rings. The fourth-order valence-corrected chi connectivity index (χ4v) is 3.53. The van der Waals surface area contributed by atoms with Crippen molar-refractivity contribution in [2.75, 3.05) is 6.54 Å². The molecule has 0 atom stereocenters. The van der Waals surface area contributed by atoms with E-state index in [4.69, 9.17) is 0 Å². The summed E-state index contributed by atoms with van der Waals surface area (Å²) in [5.41, 5.74) is -0.184. The maximum absolute atomic E-state index is 12.6. The van der Waals surface area contributed by atoms with Crippen LogP contribution in [0.15, 0.2) is 41.6 Å². The summed E-state index contributed by atoms with van der Waals surface area (Å²) >= 11 is 0. The van der Waals surface area contributed by atoms with Crippen LogP contribution in [-0.2, 0) is 29.8 Å². The molecular formula is C14H16F3N3O2S. The zero-order chi connectivity index (χ0) is 17.3. The van der Waals surface area contributed by atoms with Crippen molar-refractivity contribution in [1.82, 2.24) is 14.1 Å². The van der Waals surface area contributed by atoms with E-state index in [-0.39, 0.29) is 18.0 Å². The van der Waals surface area contributed by atoms with Crippen molar-refractivity contribution in [1.29, 1.82) is 0 Å². The first kappa shape index (κ1) is 17.5. The molecule has 0 N–H and O–H groups in total. The number of hydrogen-bond donors (Lipinski definition) is 0. The maximum atomic E-state index is 12.6. The molecule has 1 heterocycles. The lowest BCUT2D eigenvalue weighted by Crippen LogP contribution is -2.30. The van der Waals surface area contributed by atoms with Crippen LogP contribution in [0.3, 0.4) is 0 Å². The van der Waals surface area contributed by atoms with Gasteiger partial charge in [-0.25, -0.2) is 8.42 Å². The first-order valence-electron chi connectivity index (χ1n) is 6.79. The predicted molar refractivity (Wildman–Crippen MR) is 77.9 cm³/mol. The summed E-state index contributed by atoms with van der Waals surface area (Å²) in [7, 11) is -2.16. The Hall–Kier alpha value is -1.87. The number of nitrogens with zero attached hydrogens (tertiary/aromatic N) is 3. The third-order valence-electron chi connectivity index (χ3n) is 3.29. The first-order valence-corrected chi connectivity index (χ1v) is 8.23. The molecule has 0 aliphatic carbocycles. The van der Waals surface area contributed by atoms with Crippen LogP contribution in [-0.4, -0.2) is 29.0 Å². The average Bonchev–Trinajstić information content (AvgIpc) is 2.89. The smallest absolute Gasteiger partial charge is 0.275 e. The van der Waals surface area contributed by atoms with Gasteiger partial charge in [0.15, 0.2) is 0 Å². The van der Waals surface area contributed by atoms with Gasteiger partial charge in [-0.05, 0) is 24.3 Å². The highest BCUT2D eigenvalue weighted by Crippen LogP contribution is 2.30. The van der Waals surface area contributed by atoms with Gasteiger partial charge in [-0.3, -0.25) is 4.68 Å². The van der Waals surface area contributed by atoms with Crippen molar-refractivity contribution in [3.8, 4) is 0 Å². The van der Waals surface area contributed by atoms with Gasteiger partial charge < -0.3 is 0 Å². The molecule has 0 fully saturated rings. The van der Waals surface area contributed by atoms with E-state index in [0.29, 0.717) is 5.56 Å². The molecular weight excluding hydrogens is 331 g/mol. The van der Waals surface area contributed by atoms with Crippen LogP contribution in [0, 0.1) is 0 Å². The Bertz CT molecular complexity index is 767. The van der Waals surface area contributed by atoms with Gasteiger partial charge in [0.25, 0.3) is 0 Å². The van der Waals surface area contributed by atoms with E-state index in [1.54, 1.807) is 31.0 Å². The summed E-state index contributed by atoms with van der Waals surface area (Å²) in [6.45, 7) is 1.96. The lowest BCUT2D eigenvalue weighted by atomic mass is 10.2. The zero-order valence-electron chi connectivity index (χ0n) is 12.6. The third kappa shape index (κ3) is 3.91. The van der Waals surface area contributed by atoms with Gasteiger partial charge in [0, 0.05) is 31.9 Å². The van der Waals surface area contributed by atoms with Gasteiger partial charge in [0.1, 0.15) is 0 Å². The number of aryl methyl sites for hydroxylation is 1. The lowest BCUT2D eigenvalue weighted by molar-refractivity contribution is -0.137. The maximum Gasteiger partial charge on any atom is 0.416 e. The average molecular weight is 347 g/mol. The van der Waals surface area contributed by atoms with E-state index in [2.05, 4.69) is 5.10 Å². The van der Waals surface area contributed by atoms with E-state index >= 15 is 0 Å². The molecule has 0 radical (unpaired) electrons. The molecule has 2 aromatic rings. The molecule has 1 aromatic carbocycles. The Labute approximate surface area is 132 Å². The van der Waals surface area contributed by atoms with Gasteiger partial charge >= 0.3 is 6.18 Å². The van der Waals surface area contributed by atoms with Crippen LogP contribution in [0.2, 0.25) is 0 Å². The molecule has 1 aromatic heterocycles. The number of aromatic nitrogens is 2. The van der Waals surface area contributed by atoms with Crippen LogP contribution in [0.5, 0.6) is 0 Å². The minimum absolute atomic E-state index is 0.105. The Kier molecular flexibility index (Phi) is 4.81. The van der Waals surface area contributed by atoms with E-state index in [0.717, 1.165) is 24.3 Å². The molecule has 0 amide bonds. The normalized spacial score (nSPS) is 12.8. The van der Waals surface area contributed by atoms with Crippen LogP contribution >= 0.6 is 0 Å². The summed E-state index contributed by atoms with van der Waals surface area (Å²) in [5.74, 6) is 0. The summed E-state index contributed by atoms with van der Waals surface area (Å²) in [6, 6.07) is 3.49. The van der Waals surface area contributed by atoms with Crippen LogP contribution in [0.4, 0.5) is 13.2 Å². The van der Waals surface area contributed by atoms with E-state index in [1.807, 2.05) is 0 Å². The summed E-state index contributed by atoms with van der Waals surface area (Å²) in [6.07, 6.45) is -1.27. The molecule has 0 bridgehead atoms. The summed E-state index contributed by atoms with van der Waals surface area (Å²) < 4.78 is 65.5. The molecule has 0 unspecified atom stereocenters. The monoisotopic (exact) mass is 347 g/mol. The van der Waals surface area contributed by atoms with Crippen molar-refractivity contribution >= 4 is 10.0 Å².